The fourth-order valence-corrected chi connectivity index (χ4v) is 3.10. The van der Waals surface area contributed by atoms with E-state index in [-0.39, 0.29) is 17.6 Å². The first-order valence-electron chi connectivity index (χ1n) is 8.77. The number of ether oxygens (including phenoxy) is 2. The fraction of sp³-hybridized carbons (Fsp3) is 0.824. The van der Waals surface area contributed by atoms with Crippen LogP contribution in [0.2, 0.25) is 0 Å². The van der Waals surface area contributed by atoms with Crippen molar-refractivity contribution < 1.29 is 18.8 Å². The second kappa shape index (κ2) is 7.19. The van der Waals surface area contributed by atoms with Gasteiger partial charge in [0.2, 0.25) is 11.8 Å². The first-order chi connectivity index (χ1) is 11.4. The van der Waals surface area contributed by atoms with E-state index in [1.165, 1.54) is 0 Å². The highest BCUT2D eigenvalue weighted by Crippen LogP contribution is 2.26. The monoisotopic (exact) mass is 337 g/mol. The van der Waals surface area contributed by atoms with Gasteiger partial charge in [0.1, 0.15) is 0 Å². The van der Waals surface area contributed by atoms with Gasteiger partial charge in [-0.25, -0.2) is 0 Å². The molecule has 0 unspecified atom stereocenters. The number of aromatic nitrogens is 2. The van der Waals surface area contributed by atoms with Crippen molar-refractivity contribution in [3.63, 3.8) is 0 Å². The first-order valence-corrected chi connectivity index (χ1v) is 8.77. The largest absolute Gasteiger partial charge is 0.350 e. The minimum absolute atomic E-state index is 0.0727. The van der Waals surface area contributed by atoms with Gasteiger partial charge in [0.25, 0.3) is 0 Å². The second-order valence-electron chi connectivity index (χ2n) is 7.59. The molecule has 0 radical (unpaired) electrons. The maximum atomic E-state index is 12.4. The SMILES string of the molecule is CC(C)(C)c1noc(CCC(=O)N2CCC(C3OCCO3)CC2)n1. The average molecular weight is 337 g/mol. The minimum atomic E-state index is -0.141. The van der Waals surface area contributed by atoms with Crippen molar-refractivity contribution in [2.24, 2.45) is 5.92 Å². The zero-order valence-corrected chi connectivity index (χ0v) is 14.8. The van der Waals surface area contributed by atoms with Gasteiger partial charge in [-0.3, -0.25) is 4.79 Å². The van der Waals surface area contributed by atoms with E-state index in [9.17, 15) is 4.79 Å². The van der Waals surface area contributed by atoms with E-state index in [4.69, 9.17) is 14.0 Å². The molecule has 1 aromatic heterocycles. The molecule has 1 amide bonds. The number of carbonyl (C=O) groups is 1. The van der Waals surface area contributed by atoms with E-state index in [1.54, 1.807) is 0 Å². The maximum absolute atomic E-state index is 12.4. The van der Waals surface area contributed by atoms with E-state index < -0.39 is 0 Å². The van der Waals surface area contributed by atoms with E-state index in [2.05, 4.69) is 10.1 Å². The lowest BCUT2D eigenvalue weighted by Crippen LogP contribution is -2.41. The minimum Gasteiger partial charge on any atom is -0.350 e. The number of hydrogen-bond acceptors (Lipinski definition) is 6. The lowest BCUT2D eigenvalue weighted by Gasteiger charge is -2.33. The second-order valence-corrected chi connectivity index (χ2v) is 7.59. The zero-order valence-electron chi connectivity index (χ0n) is 14.8. The van der Waals surface area contributed by atoms with E-state index >= 15 is 0 Å². The van der Waals surface area contributed by atoms with Gasteiger partial charge >= 0.3 is 0 Å². The van der Waals surface area contributed by atoms with E-state index in [1.807, 2.05) is 25.7 Å². The number of hydrogen-bond donors (Lipinski definition) is 0. The third kappa shape index (κ3) is 4.13. The molecule has 3 heterocycles. The molecule has 0 aromatic carbocycles. The Morgan fingerprint density at radius 1 is 1.21 bits per heavy atom. The lowest BCUT2D eigenvalue weighted by atomic mass is 9.96. The van der Waals surface area contributed by atoms with E-state index in [0.29, 0.717) is 43.7 Å². The van der Waals surface area contributed by atoms with Gasteiger partial charge in [-0.15, -0.1) is 0 Å². The van der Waals surface area contributed by atoms with Crippen molar-refractivity contribution >= 4 is 5.91 Å². The van der Waals surface area contributed by atoms with Gasteiger partial charge in [0, 0.05) is 37.3 Å². The van der Waals surface area contributed by atoms with Gasteiger partial charge in [-0.1, -0.05) is 25.9 Å². The number of nitrogens with zero attached hydrogens (tertiary/aromatic N) is 3. The molecule has 1 aromatic rings. The van der Waals surface area contributed by atoms with Crippen LogP contribution in [0, 0.1) is 5.92 Å². The topological polar surface area (TPSA) is 77.7 Å². The van der Waals surface area contributed by atoms with Gasteiger partial charge in [-0.2, -0.15) is 4.98 Å². The molecule has 3 rings (SSSR count). The molecule has 0 N–H and O–H groups in total. The van der Waals surface area contributed by atoms with Crippen LogP contribution in [0.5, 0.6) is 0 Å². The van der Waals surface area contributed by atoms with Crippen LogP contribution in [0.1, 0.15) is 51.7 Å². The summed E-state index contributed by atoms with van der Waals surface area (Å²) in [6.07, 6.45) is 2.70. The quantitative estimate of drug-likeness (QED) is 0.835. The molecular weight excluding hydrogens is 310 g/mol. The number of amides is 1. The van der Waals surface area contributed by atoms with Crippen molar-refractivity contribution in [2.75, 3.05) is 26.3 Å². The Bertz CT molecular complexity index is 552. The predicted molar refractivity (Wildman–Crippen MR) is 86.3 cm³/mol. The highest BCUT2D eigenvalue weighted by Gasteiger charge is 2.31. The van der Waals surface area contributed by atoms with Crippen LogP contribution in [0.15, 0.2) is 4.52 Å². The molecular formula is C17H27N3O4. The molecule has 2 aliphatic heterocycles. The molecule has 7 heteroatoms. The van der Waals surface area contributed by atoms with Gasteiger partial charge in [0.05, 0.1) is 13.2 Å². The first kappa shape index (κ1) is 17.4. The van der Waals surface area contributed by atoms with Crippen molar-refractivity contribution in [3.8, 4) is 0 Å². The maximum Gasteiger partial charge on any atom is 0.227 e. The Morgan fingerprint density at radius 3 is 2.46 bits per heavy atom. The standard InChI is InChI=1S/C17H27N3O4/c1-17(2,3)16-18-13(24-19-16)4-5-14(21)20-8-6-12(7-9-20)15-22-10-11-23-15/h12,15H,4-11H2,1-3H3. The van der Waals surface area contributed by atoms with Gasteiger partial charge < -0.3 is 18.9 Å². The third-order valence-electron chi connectivity index (χ3n) is 4.62. The Balaban J connectivity index is 1.43. The number of piperidine rings is 1. The molecule has 24 heavy (non-hydrogen) atoms. The van der Waals surface area contributed by atoms with Gasteiger partial charge in [0.15, 0.2) is 12.1 Å². The highest BCUT2D eigenvalue weighted by molar-refractivity contribution is 5.76. The van der Waals surface area contributed by atoms with Crippen molar-refractivity contribution in [1.29, 1.82) is 0 Å². The van der Waals surface area contributed by atoms with Crippen LogP contribution in [-0.4, -0.2) is 53.5 Å². The summed E-state index contributed by atoms with van der Waals surface area (Å²) in [5.41, 5.74) is -0.141. The van der Waals surface area contributed by atoms with Crippen LogP contribution in [0.3, 0.4) is 0 Å². The summed E-state index contributed by atoms with van der Waals surface area (Å²) in [5.74, 6) is 1.78. The number of likely N-dealkylation sites (tertiary alicyclic amines) is 1. The molecule has 0 saturated carbocycles. The summed E-state index contributed by atoms with van der Waals surface area (Å²) in [6.45, 7) is 9.01. The summed E-state index contributed by atoms with van der Waals surface area (Å²) in [6, 6.07) is 0. The average Bonchev–Trinajstić information content (AvgIpc) is 3.23. The Labute approximate surface area is 142 Å². The Hall–Kier alpha value is -1.47. The van der Waals surface area contributed by atoms with Crippen LogP contribution < -0.4 is 0 Å². The molecule has 0 atom stereocenters. The molecule has 134 valence electrons. The van der Waals surface area contributed by atoms with Crippen LogP contribution in [-0.2, 0) is 26.1 Å². The Kier molecular flexibility index (Phi) is 5.20. The Morgan fingerprint density at radius 2 is 1.88 bits per heavy atom. The summed E-state index contributed by atoms with van der Waals surface area (Å²) in [7, 11) is 0. The summed E-state index contributed by atoms with van der Waals surface area (Å²) >= 11 is 0. The fourth-order valence-electron chi connectivity index (χ4n) is 3.10. The molecule has 2 aliphatic rings. The molecule has 2 fully saturated rings. The van der Waals surface area contributed by atoms with Crippen molar-refractivity contribution in [2.45, 2.75) is 58.2 Å². The smallest absolute Gasteiger partial charge is 0.227 e. The number of rotatable bonds is 4. The summed E-state index contributed by atoms with van der Waals surface area (Å²) < 4.78 is 16.4. The number of aryl methyl sites for hydroxylation is 1. The van der Waals surface area contributed by atoms with Crippen molar-refractivity contribution in [1.82, 2.24) is 15.0 Å². The third-order valence-corrected chi connectivity index (χ3v) is 4.62. The van der Waals surface area contributed by atoms with Crippen LogP contribution >= 0.6 is 0 Å². The highest BCUT2D eigenvalue weighted by atomic mass is 16.7. The molecule has 7 nitrogen and oxygen atoms in total. The van der Waals surface area contributed by atoms with Gasteiger partial charge in [-0.05, 0) is 12.8 Å². The molecule has 2 saturated heterocycles. The van der Waals surface area contributed by atoms with Crippen LogP contribution in [0.4, 0.5) is 0 Å². The lowest BCUT2D eigenvalue weighted by molar-refractivity contribution is -0.136. The van der Waals surface area contributed by atoms with E-state index in [0.717, 1.165) is 25.9 Å². The number of carbonyl (C=O) groups excluding carboxylic acids is 1. The predicted octanol–water partition coefficient (Wildman–Crippen LogP) is 1.91. The zero-order chi connectivity index (χ0) is 17.2. The van der Waals surface area contributed by atoms with Crippen LogP contribution in [0.25, 0.3) is 0 Å². The summed E-state index contributed by atoms with van der Waals surface area (Å²) in [4.78, 5) is 18.7. The normalized spacial score (nSPS) is 20.7. The molecule has 0 aliphatic carbocycles. The molecule has 0 bridgehead atoms. The van der Waals surface area contributed by atoms with Crippen molar-refractivity contribution in [3.05, 3.63) is 11.7 Å². The molecule has 0 spiro atoms. The summed E-state index contributed by atoms with van der Waals surface area (Å²) in [5, 5.41) is 3.99.